The van der Waals surface area contributed by atoms with Crippen LogP contribution in [0.25, 0.3) is 0 Å². The molecule has 0 aromatic carbocycles. The van der Waals surface area contributed by atoms with Gasteiger partial charge in [0.2, 0.25) is 0 Å². The Morgan fingerprint density at radius 2 is 2.06 bits per heavy atom. The van der Waals surface area contributed by atoms with Crippen LogP contribution in [0.15, 0.2) is 12.1 Å². The Morgan fingerprint density at radius 3 is 2.71 bits per heavy atom. The molecule has 1 aliphatic heterocycles. The number of hydrogen-bond acceptors (Lipinski definition) is 3. The summed E-state index contributed by atoms with van der Waals surface area (Å²) in [5, 5.41) is 0. The smallest absolute Gasteiger partial charge is 0.180 e. The molecule has 17 heavy (non-hydrogen) atoms. The average molecular weight is 234 g/mol. The Hall–Kier alpha value is -1.42. The number of nitrogens with zero attached hydrogens (tertiary/aromatic N) is 1. The predicted octanol–water partition coefficient (Wildman–Crippen LogP) is 1.89. The Bertz CT molecular complexity index is 392. The SMILES string of the molecule is O=Cc1ccc(C(=O)CCN2CCCCC2)[nH]1. The van der Waals surface area contributed by atoms with Gasteiger partial charge in [0.25, 0.3) is 0 Å². The molecule has 0 saturated carbocycles. The number of carbonyl (C=O) groups is 2. The number of piperidine rings is 1. The molecule has 1 N–H and O–H groups in total. The molecular formula is C13H18N2O2. The normalized spacial score (nSPS) is 16.9. The van der Waals surface area contributed by atoms with E-state index in [1.54, 1.807) is 12.1 Å². The number of aromatic nitrogens is 1. The van der Waals surface area contributed by atoms with Crippen molar-refractivity contribution in [2.24, 2.45) is 0 Å². The molecule has 0 amide bonds. The second-order valence-corrected chi connectivity index (χ2v) is 4.52. The van der Waals surface area contributed by atoms with Crippen LogP contribution in [0.3, 0.4) is 0 Å². The Morgan fingerprint density at radius 1 is 1.29 bits per heavy atom. The molecule has 0 unspecified atom stereocenters. The van der Waals surface area contributed by atoms with Gasteiger partial charge in [-0.15, -0.1) is 0 Å². The molecule has 92 valence electrons. The van der Waals surface area contributed by atoms with Gasteiger partial charge in [-0.1, -0.05) is 6.42 Å². The summed E-state index contributed by atoms with van der Waals surface area (Å²) in [6.07, 6.45) is 5.04. The quantitative estimate of drug-likeness (QED) is 0.625. The molecule has 0 radical (unpaired) electrons. The van der Waals surface area contributed by atoms with Crippen molar-refractivity contribution in [1.29, 1.82) is 0 Å². The monoisotopic (exact) mass is 234 g/mol. The van der Waals surface area contributed by atoms with Crippen molar-refractivity contribution < 1.29 is 9.59 Å². The van der Waals surface area contributed by atoms with E-state index in [0.29, 0.717) is 17.8 Å². The highest BCUT2D eigenvalue weighted by Gasteiger charge is 2.13. The minimum atomic E-state index is 0.0867. The standard InChI is InChI=1S/C13H18N2O2/c16-10-11-4-5-12(14-11)13(17)6-9-15-7-2-1-3-8-15/h4-5,10,14H,1-3,6-9H2. The van der Waals surface area contributed by atoms with Crippen LogP contribution in [0, 0.1) is 0 Å². The molecule has 4 heteroatoms. The Balaban J connectivity index is 1.82. The second-order valence-electron chi connectivity index (χ2n) is 4.52. The number of H-pyrrole nitrogens is 1. The Kier molecular flexibility index (Phi) is 4.09. The minimum Gasteiger partial charge on any atom is -0.350 e. The lowest BCUT2D eigenvalue weighted by atomic mass is 10.1. The highest BCUT2D eigenvalue weighted by molar-refractivity contribution is 5.95. The topological polar surface area (TPSA) is 53.2 Å². The first-order valence-corrected chi connectivity index (χ1v) is 6.19. The average Bonchev–Trinajstić information content (AvgIpc) is 2.86. The van der Waals surface area contributed by atoms with Crippen molar-refractivity contribution in [3.8, 4) is 0 Å². The number of ketones is 1. The number of rotatable bonds is 5. The van der Waals surface area contributed by atoms with Crippen LogP contribution in [-0.4, -0.2) is 41.6 Å². The van der Waals surface area contributed by atoms with Gasteiger partial charge in [0.15, 0.2) is 12.1 Å². The van der Waals surface area contributed by atoms with Crippen LogP contribution in [0.2, 0.25) is 0 Å². The summed E-state index contributed by atoms with van der Waals surface area (Å²) in [6.45, 7) is 3.05. The van der Waals surface area contributed by atoms with E-state index in [9.17, 15) is 9.59 Å². The first kappa shape index (κ1) is 12.0. The highest BCUT2D eigenvalue weighted by atomic mass is 16.1. The molecule has 0 aliphatic carbocycles. The van der Waals surface area contributed by atoms with E-state index in [-0.39, 0.29) is 5.78 Å². The van der Waals surface area contributed by atoms with Gasteiger partial charge in [0, 0.05) is 13.0 Å². The van der Waals surface area contributed by atoms with Gasteiger partial charge in [-0.25, -0.2) is 0 Å². The van der Waals surface area contributed by atoms with Crippen molar-refractivity contribution in [2.45, 2.75) is 25.7 Å². The maximum absolute atomic E-state index is 11.8. The fourth-order valence-electron chi connectivity index (χ4n) is 2.22. The van der Waals surface area contributed by atoms with Crippen LogP contribution in [0.5, 0.6) is 0 Å². The molecule has 2 rings (SSSR count). The molecule has 1 aromatic rings. The zero-order valence-corrected chi connectivity index (χ0v) is 9.95. The van der Waals surface area contributed by atoms with E-state index >= 15 is 0 Å². The number of aldehydes is 1. The minimum absolute atomic E-state index is 0.0867. The van der Waals surface area contributed by atoms with Gasteiger partial charge in [-0.3, -0.25) is 9.59 Å². The summed E-state index contributed by atoms with van der Waals surface area (Å²) in [5.74, 6) is 0.0867. The molecule has 1 fully saturated rings. The number of likely N-dealkylation sites (tertiary alicyclic amines) is 1. The molecule has 2 heterocycles. The van der Waals surface area contributed by atoms with Gasteiger partial charge in [-0.05, 0) is 38.1 Å². The van der Waals surface area contributed by atoms with Crippen LogP contribution < -0.4 is 0 Å². The van der Waals surface area contributed by atoms with Crippen LogP contribution in [0.1, 0.15) is 46.7 Å². The molecule has 1 aromatic heterocycles. The first-order valence-electron chi connectivity index (χ1n) is 6.19. The van der Waals surface area contributed by atoms with Crippen LogP contribution in [0.4, 0.5) is 0 Å². The van der Waals surface area contributed by atoms with Gasteiger partial charge >= 0.3 is 0 Å². The Labute approximate surface area is 101 Å². The van der Waals surface area contributed by atoms with E-state index in [1.165, 1.54) is 19.3 Å². The lowest BCUT2D eigenvalue weighted by molar-refractivity contribution is 0.0954. The molecule has 0 bridgehead atoms. The summed E-state index contributed by atoms with van der Waals surface area (Å²) in [5.41, 5.74) is 1.01. The zero-order valence-electron chi connectivity index (χ0n) is 9.95. The summed E-state index contributed by atoms with van der Waals surface area (Å²) in [4.78, 5) is 27.5. The molecule has 1 saturated heterocycles. The molecule has 0 atom stereocenters. The van der Waals surface area contributed by atoms with Gasteiger partial charge in [0.1, 0.15) is 0 Å². The van der Waals surface area contributed by atoms with Crippen molar-refractivity contribution >= 4 is 12.1 Å². The molecular weight excluding hydrogens is 216 g/mol. The number of nitrogens with one attached hydrogen (secondary N) is 1. The van der Waals surface area contributed by atoms with E-state index < -0.39 is 0 Å². The second kappa shape index (κ2) is 5.77. The zero-order chi connectivity index (χ0) is 12.1. The molecule has 1 aliphatic rings. The van der Waals surface area contributed by atoms with Crippen molar-refractivity contribution in [2.75, 3.05) is 19.6 Å². The maximum Gasteiger partial charge on any atom is 0.180 e. The van der Waals surface area contributed by atoms with Crippen LogP contribution >= 0.6 is 0 Å². The third kappa shape index (κ3) is 3.27. The summed E-state index contributed by atoms with van der Waals surface area (Å²) >= 11 is 0. The third-order valence-electron chi connectivity index (χ3n) is 3.24. The third-order valence-corrected chi connectivity index (χ3v) is 3.24. The van der Waals surface area contributed by atoms with Gasteiger partial charge in [-0.2, -0.15) is 0 Å². The summed E-state index contributed by atoms with van der Waals surface area (Å²) in [7, 11) is 0. The molecule has 4 nitrogen and oxygen atoms in total. The van der Waals surface area contributed by atoms with E-state index in [1.807, 2.05) is 0 Å². The lowest BCUT2D eigenvalue weighted by Gasteiger charge is -2.25. The van der Waals surface area contributed by atoms with Crippen molar-refractivity contribution in [1.82, 2.24) is 9.88 Å². The highest BCUT2D eigenvalue weighted by Crippen LogP contribution is 2.10. The fraction of sp³-hybridized carbons (Fsp3) is 0.538. The number of aromatic amines is 1. The van der Waals surface area contributed by atoms with E-state index in [0.717, 1.165) is 25.9 Å². The van der Waals surface area contributed by atoms with Gasteiger partial charge < -0.3 is 9.88 Å². The lowest BCUT2D eigenvalue weighted by Crippen LogP contribution is -2.31. The number of Topliss-reactive ketones (excluding diaryl/α,β-unsaturated/α-hetero) is 1. The van der Waals surface area contributed by atoms with E-state index in [4.69, 9.17) is 0 Å². The molecule has 0 spiro atoms. The summed E-state index contributed by atoms with van der Waals surface area (Å²) < 4.78 is 0. The summed E-state index contributed by atoms with van der Waals surface area (Å²) in [6, 6.07) is 3.32. The van der Waals surface area contributed by atoms with E-state index in [2.05, 4.69) is 9.88 Å². The van der Waals surface area contributed by atoms with Crippen LogP contribution in [-0.2, 0) is 0 Å². The first-order chi connectivity index (χ1) is 8.29. The maximum atomic E-state index is 11.8. The predicted molar refractivity (Wildman–Crippen MR) is 65.4 cm³/mol. The van der Waals surface area contributed by atoms with Crippen molar-refractivity contribution in [3.63, 3.8) is 0 Å². The largest absolute Gasteiger partial charge is 0.350 e. The fourth-order valence-corrected chi connectivity index (χ4v) is 2.22. The number of hydrogen-bond donors (Lipinski definition) is 1. The van der Waals surface area contributed by atoms with Crippen molar-refractivity contribution in [3.05, 3.63) is 23.5 Å². The van der Waals surface area contributed by atoms with Gasteiger partial charge in [0.05, 0.1) is 11.4 Å². The number of carbonyl (C=O) groups excluding carboxylic acids is 2.